The summed E-state index contributed by atoms with van der Waals surface area (Å²) in [5.74, 6) is 3.36. The van der Waals surface area contributed by atoms with E-state index in [4.69, 9.17) is 10.4 Å². The van der Waals surface area contributed by atoms with Crippen LogP contribution in [0.15, 0.2) is 5.18 Å². The third-order valence-electron chi connectivity index (χ3n) is 2.43. The number of aliphatic hydroxyl groups excluding tert-OH is 2. The molecule has 0 aromatic heterocycles. The fourth-order valence-corrected chi connectivity index (χ4v) is 3.35. The van der Waals surface area contributed by atoms with Gasteiger partial charge in [-0.3, -0.25) is 0 Å². The van der Waals surface area contributed by atoms with Crippen LogP contribution < -0.4 is 0 Å². The smallest absolute Gasteiger partial charge is 0.107 e. The third-order valence-corrected chi connectivity index (χ3v) is 4.75. The molecule has 0 rings (SSSR count). The molecule has 0 heterocycles. The molecule has 0 aromatic carbocycles. The van der Waals surface area contributed by atoms with E-state index in [1.54, 1.807) is 23.5 Å². The molecule has 0 spiro atoms. The predicted octanol–water partition coefficient (Wildman–Crippen LogP) is 1.88. The lowest BCUT2D eigenvalue weighted by atomic mass is 10.2. The van der Waals surface area contributed by atoms with E-state index in [1.807, 2.05) is 0 Å². The molecule has 0 aliphatic heterocycles. The van der Waals surface area contributed by atoms with Gasteiger partial charge < -0.3 is 10.2 Å². The van der Waals surface area contributed by atoms with E-state index in [2.05, 4.69) is 11.2 Å². The molecule has 0 aliphatic rings. The Labute approximate surface area is 123 Å². The number of nitriles is 1. The summed E-state index contributed by atoms with van der Waals surface area (Å²) < 4.78 is 0. The summed E-state index contributed by atoms with van der Waals surface area (Å²) in [5, 5.41) is 29.4. The summed E-state index contributed by atoms with van der Waals surface area (Å²) in [6, 6.07) is 2.06. The molecule has 2 unspecified atom stereocenters. The molecule has 0 amide bonds. The Morgan fingerprint density at radius 3 is 2.47 bits per heavy atom. The van der Waals surface area contributed by atoms with Crippen molar-refractivity contribution in [2.45, 2.75) is 25.4 Å². The Bertz CT molecular complexity index is 262. The summed E-state index contributed by atoms with van der Waals surface area (Å²) in [6.45, 7) is -0.0700. The Kier molecular flexibility index (Phi) is 13.9. The van der Waals surface area contributed by atoms with Crippen molar-refractivity contribution in [3.05, 3.63) is 4.91 Å². The molecule has 2 N–H and O–H groups in total. The normalized spacial score (nSPS) is 13.7. The second-order valence-electron chi connectivity index (χ2n) is 4.16. The number of aliphatic hydroxyl groups is 2. The van der Waals surface area contributed by atoms with Crippen LogP contribution in [-0.2, 0) is 0 Å². The maximum atomic E-state index is 9.89. The van der Waals surface area contributed by atoms with E-state index in [0.717, 1.165) is 30.1 Å². The van der Waals surface area contributed by atoms with Crippen molar-refractivity contribution in [2.24, 2.45) is 11.1 Å². The number of hydrogen-bond donors (Lipinski definition) is 2. The van der Waals surface area contributed by atoms with Gasteiger partial charge in [0.05, 0.1) is 24.7 Å². The van der Waals surface area contributed by atoms with Gasteiger partial charge in [0.1, 0.15) is 6.54 Å². The highest BCUT2D eigenvalue weighted by Crippen LogP contribution is 2.13. The van der Waals surface area contributed by atoms with Crippen LogP contribution in [-0.4, -0.2) is 52.5 Å². The van der Waals surface area contributed by atoms with Crippen LogP contribution in [0.25, 0.3) is 0 Å². The SMILES string of the molecule is N#CC(CO)CSCCCCSCCC(O)CN=O. The summed E-state index contributed by atoms with van der Waals surface area (Å²) in [5.41, 5.74) is 0. The molecule has 5 nitrogen and oxygen atoms in total. The Morgan fingerprint density at radius 2 is 1.89 bits per heavy atom. The van der Waals surface area contributed by atoms with Crippen molar-refractivity contribution in [1.29, 1.82) is 5.26 Å². The zero-order chi connectivity index (χ0) is 14.3. The van der Waals surface area contributed by atoms with Crippen LogP contribution >= 0.6 is 23.5 Å². The number of nitrogens with zero attached hydrogens (tertiary/aromatic N) is 2. The fraction of sp³-hybridized carbons (Fsp3) is 0.917. The number of thioether (sulfide) groups is 2. The Hall–Kier alpha value is -0.290. The largest absolute Gasteiger partial charge is 0.395 e. The first-order chi connectivity index (χ1) is 9.24. The second kappa shape index (κ2) is 14.1. The van der Waals surface area contributed by atoms with E-state index >= 15 is 0 Å². The standard InChI is InChI=1S/C12H22N2O3S2/c13-7-11(9-15)10-19-5-2-1-4-18-6-3-12(16)8-14-17/h11-12,15-16H,1-6,8-10H2. The van der Waals surface area contributed by atoms with Gasteiger partial charge in [0, 0.05) is 5.75 Å². The van der Waals surface area contributed by atoms with Crippen molar-refractivity contribution >= 4 is 23.5 Å². The summed E-state index contributed by atoms with van der Waals surface area (Å²) in [6.07, 6.45) is 2.23. The van der Waals surface area contributed by atoms with Gasteiger partial charge in [-0.1, -0.05) is 5.18 Å². The summed E-state index contributed by atoms with van der Waals surface area (Å²) in [7, 11) is 0. The molecule has 0 saturated carbocycles. The molecular formula is C12H22N2O3S2. The van der Waals surface area contributed by atoms with E-state index in [1.165, 1.54) is 0 Å². The minimum Gasteiger partial charge on any atom is -0.395 e. The summed E-state index contributed by atoms with van der Waals surface area (Å²) in [4.78, 5) is 9.89. The van der Waals surface area contributed by atoms with Crippen molar-refractivity contribution in [3.63, 3.8) is 0 Å². The predicted molar refractivity (Wildman–Crippen MR) is 81.4 cm³/mol. The number of nitroso groups, excluding NO2 is 1. The van der Waals surface area contributed by atoms with Gasteiger partial charge in [0.25, 0.3) is 0 Å². The minimum atomic E-state index is -0.595. The van der Waals surface area contributed by atoms with Crippen LogP contribution in [0.2, 0.25) is 0 Å². The first kappa shape index (κ1) is 18.7. The molecule has 0 bridgehead atoms. The van der Waals surface area contributed by atoms with E-state index < -0.39 is 6.10 Å². The van der Waals surface area contributed by atoms with E-state index in [0.29, 0.717) is 12.2 Å². The van der Waals surface area contributed by atoms with Crippen LogP contribution in [0.4, 0.5) is 0 Å². The second-order valence-corrected chi connectivity index (χ2v) is 6.53. The lowest BCUT2D eigenvalue weighted by Crippen LogP contribution is -2.11. The quantitative estimate of drug-likeness (QED) is 0.398. The molecule has 0 radical (unpaired) electrons. The fourth-order valence-electron chi connectivity index (χ4n) is 1.26. The lowest BCUT2D eigenvalue weighted by molar-refractivity contribution is 0.180. The van der Waals surface area contributed by atoms with Crippen LogP contribution in [0.3, 0.4) is 0 Å². The van der Waals surface area contributed by atoms with Gasteiger partial charge in [0.15, 0.2) is 0 Å². The van der Waals surface area contributed by atoms with Crippen molar-refractivity contribution in [2.75, 3.05) is 36.2 Å². The van der Waals surface area contributed by atoms with E-state index in [-0.39, 0.29) is 19.1 Å². The average molecular weight is 306 g/mol. The highest BCUT2D eigenvalue weighted by atomic mass is 32.2. The molecule has 0 fully saturated rings. The zero-order valence-electron chi connectivity index (χ0n) is 11.0. The van der Waals surface area contributed by atoms with Crippen LogP contribution in [0.5, 0.6) is 0 Å². The van der Waals surface area contributed by atoms with Crippen molar-refractivity contribution in [1.82, 2.24) is 0 Å². The molecular weight excluding hydrogens is 284 g/mol. The Balaban J connectivity index is 3.19. The third kappa shape index (κ3) is 12.5. The Morgan fingerprint density at radius 1 is 1.21 bits per heavy atom. The van der Waals surface area contributed by atoms with Gasteiger partial charge >= 0.3 is 0 Å². The van der Waals surface area contributed by atoms with Gasteiger partial charge in [-0.05, 0) is 36.5 Å². The number of unbranched alkanes of at least 4 members (excludes halogenated alkanes) is 1. The number of rotatable bonds is 13. The van der Waals surface area contributed by atoms with Gasteiger partial charge in [-0.25, -0.2) is 0 Å². The molecule has 7 heteroatoms. The highest BCUT2D eigenvalue weighted by Gasteiger charge is 2.05. The molecule has 110 valence electrons. The minimum absolute atomic E-state index is 0.0118. The highest BCUT2D eigenvalue weighted by molar-refractivity contribution is 7.99. The molecule has 0 saturated heterocycles. The number of hydrogen-bond acceptors (Lipinski definition) is 7. The monoisotopic (exact) mass is 306 g/mol. The first-order valence-electron chi connectivity index (χ1n) is 6.37. The molecule has 2 atom stereocenters. The maximum absolute atomic E-state index is 9.89. The maximum Gasteiger partial charge on any atom is 0.107 e. The van der Waals surface area contributed by atoms with Crippen LogP contribution in [0.1, 0.15) is 19.3 Å². The van der Waals surface area contributed by atoms with Crippen molar-refractivity contribution < 1.29 is 10.2 Å². The molecule has 0 aliphatic carbocycles. The zero-order valence-corrected chi connectivity index (χ0v) is 12.7. The topological polar surface area (TPSA) is 93.7 Å². The molecule has 19 heavy (non-hydrogen) atoms. The lowest BCUT2D eigenvalue weighted by Gasteiger charge is -2.06. The first-order valence-corrected chi connectivity index (χ1v) is 8.68. The van der Waals surface area contributed by atoms with E-state index in [9.17, 15) is 10.0 Å². The summed E-state index contributed by atoms with van der Waals surface area (Å²) >= 11 is 3.48. The van der Waals surface area contributed by atoms with Crippen LogP contribution in [0, 0.1) is 22.2 Å². The van der Waals surface area contributed by atoms with Crippen molar-refractivity contribution in [3.8, 4) is 6.07 Å². The average Bonchev–Trinajstić information content (AvgIpc) is 2.41. The van der Waals surface area contributed by atoms with Gasteiger partial charge in [0.2, 0.25) is 0 Å². The van der Waals surface area contributed by atoms with Gasteiger partial charge in [-0.15, -0.1) is 0 Å². The van der Waals surface area contributed by atoms with Gasteiger partial charge in [-0.2, -0.15) is 33.7 Å². The molecule has 0 aromatic rings.